The summed E-state index contributed by atoms with van der Waals surface area (Å²) in [5, 5.41) is 3.40. The Labute approximate surface area is 103 Å². The molecule has 1 N–H and O–H groups in total. The molecule has 90 valence electrons. The van der Waals surface area contributed by atoms with Gasteiger partial charge in [0.15, 0.2) is 5.16 Å². The van der Waals surface area contributed by atoms with Crippen LogP contribution in [0.1, 0.15) is 12.5 Å². The molecule has 2 rings (SSSR count). The van der Waals surface area contributed by atoms with E-state index in [1.165, 1.54) is 24.0 Å². The van der Waals surface area contributed by atoms with E-state index >= 15 is 0 Å². The molecule has 0 radical (unpaired) electrons. The molecule has 0 saturated heterocycles. The lowest BCUT2D eigenvalue weighted by molar-refractivity contribution is -0.121. The first kappa shape index (κ1) is 11.9. The summed E-state index contributed by atoms with van der Waals surface area (Å²) < 4.78 is 1.60. The third-order valence-corrected chi connectivity index (χ3v) is 3.59. The maximum absolute atomic E-state index is 11.7. The zero-order valence-corrected chi connectivity index (χ0v) is 10.1. The van der Waals surface area contributed by atoms with E-state index in [1.807, 2.05) is 0 Å². The molecule has 6 heteroatoms. The Morgan fingerprint density at radius 1 is 1.76 bits per heavy atom. The van der Waals surface area contributed by atoms with Gasteiger partial charge in [0.1, 0.15) is 0 Å². The van der Waals surface area contributed by atoms with E-state index in [9.17, 15) is 9.59 Å². The summed E-state index contributed by atoms with van der Waals surface area (Å²) >= 11 is 1.51. The number of carbonyl (C=O) groups excluding carboxylic acids is 1. The molecule has 1 aromatic rings. The summed E-state index contributed by atoms with van der Waals surface area (Å²) in [5.74, 6) is 0.646. The van der Waals surface area contributed by atoms with Crippen LogP contribution in [0, 0.1) is 0 Å². The van der Waals surface area contributed by atoms with Crippen LogP contribution in [0.3, 0.4) is 0 Å². The monoisotopic (exact) mass is 251 g/mol. The van der Waals surface area contributed by atoms with E-state index in [0.717, 1.165) is 0 Å². The molecule has 1 amide bonds. The second kappa shape index (κ2) is 5.18. The van der Waals surface area contributed by atoms with Gasteiger partial charge in [-0.05, 0) is 0 Å². The fraction of sp³-hybridized carbons (Fsp3) is 0.364. The molecule has 0 saturated carbocycles. The number of aromatic nitrogens is 2. The van der Waals surface area contributed by atoms with Crippen molar-refractivity contribution in [3.63, 3.8) is 0 Å². The van der Waals surface area contributed by atoms with Gasteiger partial charge in [-0.15, -0.1) is 6.58 Å². The van der Waals surface area contributed by atoms with Crippen molar-refractivity contribution in [2.75, 3.05) is 12.3 Å². The van der Waals surface area contributed by atoms with Gasteiger partial charge in [0.25, 0.3) is 5.56 Å². The Bertz CT molecular complexity index is 498. The van der Waals surface area contributed by atoms with Crippen molar-refractivity contribution in [3.8, 4) is 0 Å². The summed E-state index contributed by atoms with van der Waals surface area (Å²) in [7, 11) is 0. The van der Waals surface area contributed by atoms with E-state index in [2.05, 4.69) is 16.9 Å². The van der Waals surface area contributed by atoms with Gasteiger partial charge in [-0.25, -0.2) is 4.98 Å². The number of nitrogens with zero attached hydrogens (tertiary/aromatic N) is 2. The molecule has 0 bridgehead atoms. The molecule has 1 aliphatic rings. The van der Waals surface area contributed by atoms with Crippen LogP contribution in [0.2, 0.25) is 0 Å². The molecule has 2 heterocycles. The Morgan fingerprint density at radius 3 is 3.35 bits per heavy atom. The SMILES string of the molecule is C=CCNC(=O)CC1CSc2nccc(=O)n21. The summed E-state index contributed by atoms with van der Waals surface area (Å²) in [5.41, 5.74) is -0.0958. The highest BCUT2D eigenvalue weighted by Gasteiger charge is 2.26. The quantitative estimate of drug-likeness (QED) is 0.628. The Balaban J connectivity index is 2.09. The molecule has 0 fully saturated rings. The number of carbonyl (C=O) groups is 1. The molecule has 0 aromatic carbocycles. The highest BCUT2D eigenvalue weighted by molar-refractivity contribution is 7.99. The largest absolute Gasteiger partial charge is 0.353 e. The van der Waals surface area contributed by atoms with Crippen LogP contribution in [-0.2, 0) is 4.79 Å². The standard InChI is InChI=1S/C11H13N3O2S/c1-2-4-12-9(15)6-8-7-17-11-13-5-3-10(16)14(8)11/h2-3,5,8H,1,4,6-7H2,(H,12,15). The lowest BCUT2D eigenvalue weighted by Gasteiger charge is -2.12. The van der Waals surface area contributed by atoms with E-state index in [-0.39, 0.29) is 17.5 Å². The van der Waals surface area contributed by atoms with Crippen molar-refractivity contribution in [2.45, 2.75) is 17.6 Å². The Hall–Kier alpha value is -1.56. The van der Waals surface area contributed by atoms with Gasteiger partial charge in [0.05, 0.1) is 6.04 Å². The van der Waals surface area contributed by atoms with Crippen molar-refractivity contribution < 1.29 is 4.79 Å². The summed E-state index contributed by atoms with van der Waals surface area (Å²) in [6, 6.07) is 1.32. The molecule has 0 aliphatic carbocycles. The van der Waals surface area contributed by atoms with Crippen molar-refractivity contribution in [1.82, 2.24) is 14.9 Å². The molecule has 1 aromatic heterocycles. The topological polar surface area (TPSA) is 64.0 Å². The zero-order valence-electron chi connectivity index (χ0n) is 9.26. The van der Waals surface area contributed by atoms with E-state index in [4.69, 9.17) is 0 Å². The number of nitrogens with one attached hydrogen (secondary N) is 1. The highest BCUT2D eigenvalue weighted by atomic mass is 32.2. The Morgan fingerprint density at radius 2 is 2.59 bits per heavy atom. The molecule has 0 spiro atoms. The average molecular weight is 251 g/mol. The third-order valence-electron chi connectivity index (χ3n) is 2.48. The van der Waals surface area contributed by atoms with Crippen molar-refractivity contribution >= 4 is 17.7 Å². The molecule has 1 aliphatic heterocycles. The maximum Gasteiger partial charge on any atom is 0.254 e. The van der Waals surface area contributed by atoms with Gasteiger partial charge in [-0.2, -0.15) is 0 Å². The summed E-state index contributed by atoms with van der Waals surface area (Å²) in [6.07, 6.45) is 3.43. The second-order valence-corrected chi connectivity index (χ2v) is 4.68. The van der Waals surface area contributed by atoms with Gasteiger partial charge < -0.3 is 5.32 Å². The van der Waals surface area contributed by atoms with Crippen LogP contribution < -0.4 is 10.9 Å². The zero-order chi connectivity index (χ0) is 12.3. The van der Waals surface area contributed by atoms with Gasteiger partial charge in [-0.3, -0.25) is 14.2 Å². The van der Waals surface area contributed by atoms with E-state index in [1.54, 1.807) is 10.6 Å². The fourth-order valence-corrected chi connectivity index (χ4v) is 2.83. The average Bonchev–Trinajstić information content (AvgIpc) is 2.71. The normalized spacial score (nSPS) is 17.5. The minimum atomic E-state index is -0.0963. The van der Waals surface area contributed by atoms with Crippen LogP contribution in [0.4, 0.5) is 0 Å². The molecule has 17 heavy (non-hydrogen) atoms. The number of thioether (sulfide) groups is 1. The first-order chi connectivity index (χ1) is 8.22. The van der Waals surface area contributed by atoms with Gasteiger partial charge in [0.2, 0.25) is 5.91 Å². The van der Waals surface area contributed by atoms with Crippen molar-refractivity contribution in [2.24, 2.45) is 0 Å². The van der Waals surface area contributed by atoms with Crippen LogP contribution in [0.15, 0.2) is 34.9 Å². The van der Waals surface area contributed by atoms with Gasteiger partial charge in [-0.1, -0.05) is 17.8 Å². The molecule has 1 atom stereocenters. The van der Waals surface area contributed by atoms with Crippen molar-refractivity contribution in [1.29, 1.82) is 0 Å². The number of amides is 1. The molecule has 1 unspecified atom stereocenters. The van der Waals surface area contributed by atoms with Gasteiger partial charge in [0, 0.05) is 31.0 Å². The predicted octanol–water partition coefficient (Wildman–Crippen LogP) is 0.582. The number of hydrogen-bond acceptors (Lipinski definition) is 4. The predicted molar refractivity (Wildman–Crippen MR) is 66.1 cm³/mol. The van der Waals surface area contributed by atoms with E-state index < -0.39 is 0 Å². The smallest absolute Gasteiger partial charge is 0.254 e. The number of rotatable bonds is 4. The van der Waals surface area contributed by atoms with Crippen LogP contribution in [0.25, 0.3) is 0 Å². The first-order valence-corrected chi connectivity index (χ1v) is 6.29. The molecule has 5 nitrogen and oxygen atoms in total. The minimum Gasteiger partial charge on any atom is -0.353 e. The van der Waals surface area contributed by atoms with Crippen LogP contribution in [0.5, 0.6) is 0 Å². The number of fused-ring (bicyclic) bond motifs is 1. The third kappa shape index (κ3) is 2.58. The lowest BCUT2D eigenvalue weighted by atomic mass is 10.2. The lowest BCUT2D eigenvalue weighted by Crippen LogP contribution is -2.30. The Kier molecular flexibility index (Phi) is 3.63. The fourth-order valence-electron chi connectivity index (χ4n) is 1.71. The molecular formula is C11H13N3O2S. The highest BCUT2D eigenvalue weighted by Crippen LogP contribution is 2.31. The van der Waals surface area contributed by atoms with Gasteiger partial charge >= 0.3 is 0 Å². The minimum absolute atomic E-state index is 0.0703. The van der Waals surface area contributed by atoms with Crippen LogP contribution in [-0.4, -0.2) is 27.8 Å². The number of hydrogen-bond donors (Lipinski definition) is 1. The van der Waals surface area contributed by atoms with Crippen LogP contribution >= 0.6 is 11.8 Å². The molecular weight excluding hydrogens is 238 g/mol. The second-order valence-electron chi connectivity index (χ2n) is 3.70. The van der Waals surface area contributed by atoms with E-state index in [0.29, 0.717) is 23.9 Å². The first-order valence-electron chi connectivity index (χ1n) is 5.30. The maximum atomic E-state index is 11.7. The van der Waals surface area contributed by atoms with Crippen molar-refractivity contribution in [3.05, 3.63) is 35.3 Å². The summed E-state index contributed by atoms with van der Waals surface area (Å²) in [6.45, 7) is 3.98. The summed E-state index contributed by atoms with van der Waals surface area (Å²) in [4.78, 5) is 27.4.